The second-order valence-electron chi connectivity index (χ2n) is 9.13. The highest BCUT2D eigenvalue weighted by Crippen LogP contribution is 2.39. The molecule has 2 aliphatic rings. The minimum absolute atomic E-state index is 0.0718. The number of thiazole rings is 1. The second-order valence-corrected chi connectivity index (χ2v) is 10.8. The number of nitrogens with zero attached hydrogens (tertiary/aromatic N) is 6. The van der Waals surface area contributed by atoms with Crippen molar-refractivity contribution in [1.82, 2.24) is 19.4 Å². The number of rotatable bonds is 7. The van der Waals surface area contributed by atoms with Crippen LogP contribution in [-0.2, 0) is 17.9 Å². The van der Waals surface area contributed by atoms with Crippen molar-refractivity contribution in [3.05, 3.63) is 75.0 Å². The minimum Gasteiger partial charge on any atom is -0.486 e. The molecule has 41 heavy (non-hydrogen) atoms. The topological polar surface area (TPSA) is 105 Å². The van der Waals surface area contributed by atoms with Gasteiger partial charge in [-0.1, -0.05) is 29.3 Å². The lowest BCUT2D eigenvalue weighted by Gasteiger charge is -2.30. The van der Waals surface area contributed by atoms with Crippen molar-refractivity contribution in [3.8, 4) is 17.0 Å². The van der Waals surface area contributed by atoms with E-state index >= 15 is 0 Å². The Kier molecular flexibility index (Phi) is 7.09. The van der Waals surface area contributed by atoms with Gasteiger partial charge in [0.25, 0.3) is 5.91 Å². The van der Waals surface area contributed by atoms with E-state index in [0.717, 1.165) is 12.1 Å². The zero-order valence-corrected chi connectivity index (χ0v) is 23.5. The number of imidazole rings is 1. The molecule has 6 rings (SSSR count). The van der Waals surface area contributed by atoms with E-state index in [2.05, 4.69) is 20.3 Å². The zero-order chi connectivity index (χ0) is 28.8. The van der Waals surface area contributed by atoms with E-state index in [1.165, 1.54) is 33.2 Å². The number of hydrogen-bond acceptors (Lipinski definition) is 8. The molecule has 0 saturated heterocycles. The molecule has 2 aromatic carbocycles. The van der Waals surface area contributed by atoms with Gasteiger partial charge in [-0.2, -0.15) is 0 Å². The molecule has 0 spiro atoms. The highest BCUT2D eigenvalue weighted by molar-refractivity contribution is 7.14. The number of guanidine groups is 1. The molecule has 0 atom stereocenters. The van der Waals surface area contributed by atoms with Crippen LogP contribution in [0.3, 0.4) is 0 Å². The third-order valence-electron chi connectivity index (χ3n) is 6.43. The number of benzene rings is 2. The van der Waals surface area contributed by atoms with Crippen LogP contribution in [0.2, 0.25) is 10.0 Å². The van der Waals surface area contributed by atoms with Gasteiger partial charge in [-0.15, -0.1) is 11.3 Å². The Morgan fingerprint density at radius 2 is 1.95 bits per heavy atom. The summed E-state index contributed by atoms with van der Waals surface area (Å²) < 4.78 is 33.8. The minimum atomic E-state index is -0.980. The van der Waals surface area contributed by atoms with Crippen molar-refractivity contribution in [2.75, 3.05) is 30.4 Å². The largest absolute Gasteiger partial charge is 0.486 e. The molecule has 2 amide bonds. The van der Waals surface area contributed by atoms with Crippen molar-refractivity contribution < 1.29 is 23.1 Å². The molecular weight excluding hydrogens is 599 g/mol. The Morgan fingerprint density at radius 3 is 2.71 bits per heavy atom. The van der Waals surface area contributed by atoms with E-state index in [1.54, 1.807) is 24.6 Å². The van der Waals surface area contributed by atoms with Gasteiger partial charge < -0.3 is 14.6 Å². The molecule has 0 unspecified atom stereocenters. The number of ether oxygens (including phenoxy) is 1. The third-order valence-corrected chi connectivity index (χ3v) is 7.74. The smallest absolute Gasteiger partial charge is 0.280 e. The van der Waals surface area contributed by atoms with Crippen LogP contribution in [0, 0.1) is 11.6 Å². The molecule has 0 radical (unpaired) electrons. The first kappa shape index (κ1) is 27.1. The standard InChI is InChI=1S/C26H19Cl2F2N7O3S/c1-35-24(39)21-23(37-5-4-31-26(35)37)32-12-36(21)9-20(38)34-25-33-19(11-41-25)14-7-15(27)22(16(28)8-14)40-10-13-2-3-17(29)18(30)6-13/h2-3,6-8,11-12H,4-5,9-10H2,1H3,(H,33,34,38). The number of fused-ring (bicyclic) bond motifs is 3. The summed E-state index contributed by atoms with van der Waals surface area (Å²) in [6.45, 7) is 0.965. The number of amides is 2. The maximum absolute atomic E-state index is 13.5. The molecule has 2 aromatic heterocycles. The summed E-state index contributed by atoms with van der Waals surface area (Å²) in [5.41, 5.74) is 1.82. The Bertz CT molecular complexity index is 1720. The van der Waals surface area contributed by atoms with Gasteiger partial charge in [0, 0.05) is 24.5 Å². The highest BCUT2D eigenvalue weighted by atomic mass is 35.5. The lowest BCUT2D eigenvalue weighted by Crippen LogP contribution is -2.48. The first-order chi connectivity index (χ1) is 19.7. The maximum atomic E-state index is 13.5. The number of aromatic nitrogens is 3. The van der Waals surface area contributed by atoms with E-state index < -0.39 is 11.6 Å². The molecule has 4 heterocycles. The van der Waals surface area contributed by atoms with Crippen LogP contribution in [0.25, 0.3) is 11.3 Å². The fourth-order valence-corrected chi connectivity index (χ4v) is 5.82. The van der Waals surface area contributed by atoms with Crippen LogP contribution >= 0.6 is 34.5 Å². The van der Waals surface area contributed by atoms with Crippen molar-refractivity contribution in [1.29, 1.82) is 0 Å². The summed E-state index contributed by atoms with van der Waals surface area (Å²) >= 11 is 14.0. The molecule has 4 aromatic rings. The summed E-state index contributed by atoms with van der Waals surface area (Å²) in [6, 6.07) is 6.65. The number of carbonyl (C=O) groups is 2. The van der Waals surface area contributed by atoms with Gasteiger partial charge >= 0.3 is 0 Å². The Labute approximate surface area is 245 Å². The fourth-order valence-electron chi connectivity index (χ4n) is 4.49. The molecule has 2 aliphatic heterocycles. The van der Waals surface area contributed by atoms with E-state index in [0.29, 0.717) is 52.5 Å². The Morgan fingerprint density at radius 1 is 1.17 bits per heavy atom. The summed E-state index contributed by atoms with van der Waals surface area (Å²) in [7, 11) is 1.64. The van der Waals surface area contributed by atoms with Gasteiger partial charge in [0.2, 0.25) is 11.9 Å². The zero-order valence-electron chi connectivity index (χ0n) is 21.2. The highest BCUT2D eigenvalue weighted by Gasteiger charge is 2.38. The van der Waals surface area contributed by atoms with Crippen LogP contribution < -0.4 is 15.0 Å². The van der Waals surface area contributed by atoms with Gasteiger partial charge in [0.05, 0.1) is 28.6 Å². The monoisotopic (exact) mass is 617 g/mol. The average Bonchev–Trinajstić information content (AvgIpc) is 3.69. The predicted octanol–water partition coefficient (Wildman–Crippen LogP) is 5.07. The molecule has 210 valence electrons. The number of halogens is 4. The van der Waals surface area contributed by atoms with Crippen LogP contribution in [0.1, 0.15) is 16.1 Å². The first-order valence-corrected chi connectivity index (χ1v) is 13.8. The summed E-state index contributed by atoms with van der Waals surface area (Å²) in [5.74, 6) is -1.39. The van der Waals surface area contributed by atoms with Gasteiger partial charge in [-0.3, -0.25) is 24.4 Å². The van der Waals surface area contributed by atoms with Crippen molar-refractivity contribution in [2.24, 2.45) is 4.99 Å². The summed E-state index contributed by atoms with van der Waals surface area (Å²) in [5, 5.41) is 5.20. The summed E-state index contributed by atoms with van der Waals surface area (Å²) in [6.07, 6.45) is 1.46. The molecule has 0 aliphatic carbocycles. The van der Waals surface area contributed by atoms with E-state index in [-0.39, 0.29) is 40.8 Å². The molecule has 10 nitrogen and oxygen atoms in total. The van der Waals surface area contributed by atoms with Gasteiger partial charge in [-0.05, 0) is 29.8 Å². The average molecular weight is 618 g/mol. The SMILES string of the molecule is CN1C(=O)c2c(ncn2CC(=O)Nc2nc(-c3cc(Cl)c(OCc4ccc(F)c(F)c4)c(Cl)c3)cs2)N2CCN=C12. The number of carbonyl (C=O) groups excluding carboxylic acids is 2. The number of nitrogens with one attached hydrogen (secondary N) is 1. The van der Waals surface area contributed by atoms with Crippen molar-refractivity contribution in [2.45, 2.75) is 13.2 Å². The molecule has 0 bridgehead atoms. The third kappa shape index (κ3) is 5.11. The molecule has 0 saturated carbocycles. The predicted molar refractivity (Wildman–Crippen MR) is 151 cm³/mol. The van der Waals surface area contributed by atoms with E-state index in [1.807, 2.05) is 4.90 Å². The lowest BCUT2D eigenvalue weighted by molar-refractivity contribution is -0.116. The van der Waals surface area contributed by atoms with Crippen LogP contribution in [0.5, 0.6) is 5.75 Å². The van der Waals surface area contributed by atoms with Gasteiger partial charge in [0.1, 0.15) is 13.2 Å². The molecule has 1 N–H and O–H groups in total. The molecule has 15 heteroatoms. The second kappa shape index (κ2) is 10.7. The van der Waals surface area contributed by atoms with Crippen molar-refractivity contribution >= 4 is 63.3 Å². The number of hydrogen-bond donors (Lipinski definition) is 1. The fraction of sp³-hybridized carbons (Fsp3) is 0.192. The van der Waals surface area contributed by atoms with Gasteiger partial charge in [-0.25, -0.2) is 18.7 Å². The van der Waals surface area contributed by atoms with E-state index in [9.17, 15) is 18.4 Å². The molecular formula is C26H19Cl2F2N7O3S. The number of anilines is 2. The summed E-state index contributed by atoms with van der Waals surface area (Å²) in [4.78, 5) is 42.2. The van der Waals surface area contributed by atoms with Gasteiger partial charge in [0.15, 0.2) is 34.0 Å². The van der Waals surface area contributed by atoms with Crippen LogP contribution in [0.4, 0.5) is 19.7 Å². The Hall–Kier alpha value is -4.07. The lowest BCUT2D eigenvalue weighted by atomic mass is 10.1. The quantitative estimate of drug-likeness (QED) is 0.310. The van der Waals surface area contributed by atoms with Crippen LogP contribution in [0.15, 0.2) is 47.0 Å². The molecule has 0 fully saturated rings. The van der Waals surface area contributed by atoms with Crippen LogP contribution in [-0.4, -0.2) is 57.3 Å². The maximum Gasteiger partial charge on any atom is 0.280 e. The Balaban J connectivity index is 1.13. The van der Waals surface area contributed by atoms with E-state index in [4.69, 9.17) is 27.9 Å². The van der Waals surface area contributed by atoms with Crippen molar-refractivity contribution in [3.63, 3.8) is 0 Å². The number of aliphatic imine (C=N–C) groups is 1. The first-order valence-electron chi connectivity index (χ1n) is 12.2. The normalized spacial score (nSPS) is 14.2.